The average Bonchev–Trinajstić information content (AvgIpc) is 4.14. The van der Waals surface area contributed by atoms with Crippen LogP contribution >= 0.6 is 34.3 Å². The minimum atomic E-state index is -1.05. The predicted molar refractivity (Wildman–Crippen MR) is 281 cm³/mol. The number of aliphatic hydroxyl groups excluding tert-OH is 1. The van der Waals surface area contributed by atoms with E-state index in [1.165, 1.54) is 4.90 Å². The van der Waals surface area contributed by atoms with Crippen LogP contribution in [0.2, 0.25) is 5.02 Å². The first-order valence-corrected chi connectivity index (χ1v) is 26.4. The minimum absolute atomic E-state index is 0.0555. The number of amides is 4. The van der Waals surface area contributed by atoms with E-state index in [0.29, 0.717) is 43.0 Å². The molecule has 0 spiro atoms. The number of nitrogens with one attached hydrogen (secondary N) is 2. The van der Waals surface area contributed by atoms with Crippen molar-refractivity contribution in [2.75, 3.05) is 44.2 Å². The van der Waals surface area contributed by atoms with Crippen molar-refractivity contribution in [3.8, 4) is 21.3 Å². The topological polar surface area (TPSA) is 213 Å². The number of fused-ring (bicyclic) bond motifs is 3. The van der Waals surface area contributed by atoms with Gasteiger partial charge in [0.15, 0.2) is 12.4 Å². The molecule has 18 nitrogen and oxygen atoms in total. The third kappa shape index (κ3) is 10.9. The Balaban J connectivity index is 0.800. The molecule has 4 aromatic heterocycles. The molecule has 0 bridgehead atoms. The largest absolute Gasteiger partial charge is 0.467 e. The summed E-state index contributed by atoms with van der Waals surface area (Å²) in [5.41, 5.74) is 7.70. The lowest BCUT2D eigenvalue weighted by molar-refractivity contribution is -0.144. The Morgan fingerprint density at radius 1 is 0.918 bits per heavy atom. The van der Waals surface area contributed by atoms with Crippen LogP contribution in [0, 0.1) is 33.1 Å². The number of piperazine rings is 1. The molecule has 0 radical (unpaired) electrons. The molecule has 9 rings (SSSR count). The van der Waals surface area contributed by atoms with Crippen LogP contribution in [-0.4, -0.2) is 131 Å². The first-order chi connectivity index (χ1) is 34.8. The molecule has 3 N–H and O–H groups in total. The van der Waals surface area contributed by atoms with Gasteiger partial charge in [-0.15, -0.1) is 32.9 Å². The van der Waals surface area contributed by atoms with Gasteiger partial charge in [-0.05, 0) is 68.9 Å². The number of thiophene rings is 1. The molecule has 73 heavy (non-hydrogen) atoms. The van der Waals surface area contributed by atoms with Crippen molar-refractivity contribution >= 4 is 69.6 Å². The Bertz CT molecular complexity index is 3070. The third-order valence-electron chi connectivity index (χ3n) is 13.7. The summed E-state index contributed by atoms with van der Waals surface area (Å²) in [5.74, 6) is 0.341. The summed E-state index contributed by atoms with van der Waals surface area (Å²) in [6.07, 6.45) is 0.777. The molecule has 382 valence electrons. The summed E-state index contributed by atoms with van der Waals surface area (Å²) in [6.45, 7) is 16.6. The van der Waals surface area contributed by atoms with Crippen LogP contribution in [0.3, 0.4) is 0 Å². The van der Waals surface area contributed by atoms with Gasteiger partial charge in [0, 0.05) is 72.4 Å². The van der Waals surface area contributed by atoms with Crippen molar-refractivity contribution in [1.82, 2.24) is 50.1 Å². The molecular formula is C52H59ClN12O6S2. The Labute approximate surface area is 436 Å². The number of rotatable bonds is 13. The van der Waals surface area contributed by atoms with E-state index in [1.54, 1.807) is 34.9 Å². The lowest BCUT2D eigenvalue weighted by Gasteiger charge is -2.35. The molecule has 1 unspecified atom stereocenters. The van der Waals surface area contributed by atoms with Crippen molar-refractivity contribution in [2.45, 2.75) is 98.5 Å². The van der Waals surface area contributed by atoms with Gasteiger partial charge in [-0.3, -0.25) is 28.7 Å². The minimum Gasteiger partial charge on any atom is -0.467 e. The Kier molecular flexibility index (Phi) is 14.8. The van der Waals surface area contributed by atoms with Crippen molar-refractivity contribution < 1.29 is 29.0 Å². The molecule has 2 fully saturated rings. The number of β-amino-alcohol motifs (C(OH)–C–C–N with tert-alkyl or cyclic N) is 1. The molecule has 2 aromatic carbocycles. The van der Waals surface area contributed by atoms with Crippen LogP contribution in [-0.2, 0) is 19.2 Å². The number of aryl methyl sites for hydroxylation is 3. The second-order valence-electron chi connectivity index (χ2n) is 19.8. The maximum atomic E-state index is 14.3. The molecule has 4 amide bonds. The van der Waals surface area contributed by atoms with Gasteiger partial charge < -0.3 is 35.2 Å². The third-order valence-corrected chi connectivity index (χ3v) is 16.1. The number of ether oxygens (including phenoxy) is 1. The highest BCUT2D eigenvalue weighted by Crippen LogP contribution is 2.40. The number of aliphatic imine (C=N–C) groups is 1. The zero-order valence-corrected chi connectivity index (χ0v) is 44.4. The van der Waals surface area contributed by atoms with E-state index in [9.17, 15) is 24.3 Å². The fourth-order valence-corrected chi connectivity index (χ4v) is 11.7. The second kappa shape index (κ2) is 21.1. The van der Waals surface area contributed by atoms with Gasteiger partial charge in [-0.25, -0.2) is 9.97 Å². The molecule has 7 heterocycles. The van der Waals surface area contributed by atoms with Crippen LogP contribution in [0.4, 0.5) is 5.95 Å². The summed E-state index contributed by atoms with van der Waals surface area (Å²) in [5, 5.41) is 27.2. The van der Waals surface area contributed by atoms with Crippen LogP contribution < -0.4 is 20.3 Å². The van der Waals surface area contributed by atoms with Crippen molar-refractivity contribution in [2.24, 2.45) is 10.4 Å². The summed E-state index contributed by atoms with van der Waals surface area (Å²) in [4.78, 5) is 81.8. The van der Waals surface area contributed by atoms with Crippen molar-refractivity contribution in [1.29, 1.82) is 0 Å². The van der Waals surface area contributed by atoms with Gasteiger partial charge in [-0.2, -0.15) is 4.98 Å². The molecular weight excluding hydrogens is 988 g/mol. The highest BCUT2D eigenvalue weighted by atomic mass is 35.5. The van der Waals surface area contributed by atoms with Crippen LogP contribution in [0.1, 0.15) is 97.1 Å². The Morgan fingerprint density at radius 2 is 1.63 bits per heavy atom. The zero-order valence-electron chi connectivity index (χ0n) is 42.0. The highest BCUT2D eigenvalue weighted by molar-refractivity contribution is 7.15. The van der Waals surface area contributed by atoms with E-state index in [4.69, 9.17) is 21.3 Å². The van der Waals surface area contributed by atoms with Crippen LogP contribution in [0.5, 0.6) is 5.88 Å². The molecule has 2 saturated heterocycles. The van der Waals surface area contributed by atoms with Crippen molar-refractivity contribution in [3.05, 3.63) is 116 Å². The van der Waals surface area contributed by atoms with Gasteiger partial charge in [0.1, 0.15) is 29.0 Å². The SMILES string of the molecule is Cc1ncsc1-c1ccc([C@H](C)NC(=O)[C@@H]2C[C@@H](O)CN2C(=O)C(NC(=O)COc2ccnc(N3CCN(C(=O)C[C@@H]4N=C(c5ccc(Cl)cc5)c5c(sc(C)c5C)-n5c(C)nnc54)CC3)n2)C(C)(C)C)cc1. The maximum Gasteiger partial charge on any atom is 0.258 e. The van der Waals surface area contributed by atoms with Gasteiger partial charge in [0.2, 0.25) is 29.5 Å². The lowest BCUT2D eigenvalue weighted by atomic mass is 9.85. The quantitative estimate of drug-likeness (QED) is 0.113. The summed E-state index contributed by atoms with van der Waals surface area (Å²) in [7, 11) is 0. The van der Waals surface area contributed by atoms with E-state index in [-0.39, 0.29) is 37.2 Å². The van der Waals surface area contributed by atoms with Gasteiger partial charge in [0.25, 0.3) is 5.91 Å². The van der Waals surface area contributed by atoms with E-state index < -0.39 is 54.0 Å². The number of likely N-dealkylation sites (tertiary alicyclic amines) is 1. The smallest absolute Gasteiger partial charge is 0.258 e. The van der Waals surface area contributed by atoms with E-state index in [2.05, 4.69) is 49.6 Å². The number of anilines is 1. The zero-order chi connectivity index (χ0) is 51.9. The number of carbonyl (C=O) groups is 4. The molecule has 21 heteroatoms. The summed E-state index contributed by atoms with van der Waals surface area (Å²) in [6, 6.07) is 14.1. The van der Waals surface area contributed by atoms with E-state index in [0.717, 1.165) is 59.8 Å². The standard InChI is InChI=1S/C52H59ClN12O6S2/c1-28-31(4)73-50-43(28)44(34-13-15-36(53)16-14-34)57-38(47-61-60-32(5)65(47)50)24-42(68)62-19-21-63(22-20-62)51-54-18-17-41(59-51)71-26-40(67)58-46(52(6,7)8)49(70)64-25-37(66)23-39(64)48(69)56-29(2)33-9-11-35(12-10-33)45-30(3)55-27-72-45/h9-18,27,29,37-39,46,66H,19-26H2,1-8H3,(H,56,69)(H,58,67)/t29-,37+,38-,39-,46?/m0/s1. The molecule has 5 atom stereocenters. The highest BCUT2D eigenvalue weighted by Gasteiger charge is 2.45. The van der Waals surface area contributed by atoms with E-state index >= 15 is 0 Å². The molecule has 3 aliphatic heterocycles. The second-order valence-corrected chi connectivity index (χ2v) is 22.3. The Morgan fingerprint density at radius 3 is 2.32 bits per heavy atom. The number of aromatic nitrogens is 6. The Hall–Kier alpha value is -6.61. The normalized spacial score (nSPS) is 18.6. The number of halogens is 1. The van der Waals surface area contributed by atoms with Gasteiger partial charge in [-0.1, -0.05) is 68.8 Å². The number of aliphatic hydroxyl groups is 1. The maximum absolute atomic E-state index is 14.3. The number of hydrogen-bond donors (Lipinski definition) is 3. The molecule has 3 aliphatic rings. The summed E-state index contributed by atoms with van der Waals surface area (Å²) < 4.78 is 7.89. The lowest BCUT2D eigenvalue weighted by Crippen LogP contribution is -2.58. The summed E-state index contributed by atoms with van der Waals surface area (Å²) >= 11 is 9.52. The molecule has 0 aliphatic carbocycles. The van der Waals surface area contributed by atoms with E-state index in [1.807, 2.05) is 110 Å². The van der Waals surface area contributed by atoms with Gasteiger partial charge in [0.05, 0.1) is 40.4 Å². The molecule has 0 saturated carbocycles. The first kappa shape index (κ1) is 51.3. The van der Waals surface area contributed by atoms with Gasteiger partial charge >= 0.3 is 0 Å². The number of thiazole rings is 1. The number of carbonyl (C=O) groups excluding carboxylic acids is 4. The number of hydrogen-bond acceptors (Lipinski definition) is 15. The number of nitrogens with zero attached hydrogens (tertiary/aromatic N) is 10. The average molecular weight is 1050 g/mol. The fourth-order valence-electron chi connectivity index (χ4n) is 9.51. The predicted octanol–water partition coefficient (Wildman–Crippen LogP) is 6.51. The number of benzene rings is 2. The van der Waals surface area contributed by atoms with Crippen molar-refractivity contribution in [3.63, 3.8) is 0 Å². The van der Waals surface area contributed by atoms with Crippen LogP contribution in [0.25, 0.3) is 15.4 Å². The first-order valence-electron chi connectivity index (χ1n) is 24.3. The van der Waals surface area contributed by atoms with Crippen LogP contribution in [0.15, 0.2) is 71.3 Å². The monoisotopic (exact) mass is 1050 g/mol. The fraction of sp³-hybridized carbons (Fsp3) is 0.423. The molecule has 6 aromatic rings.